The number of carboxylic acid groups (broad SMARTS) is 1. The van der Waals surface area contributed by atoms with Crippen LogP contribution in [0.4, 0.5) is 10.5 Å². The number of benzene rings is 1. The highest BCUT2D eigenvalue weighted by atomic mass is 35.5. The number of carbonyl (C=O) groups is 2. The van der Waals surface area contributed by atoms with Crippen molar-refractivity contribution in [3.8, 4) is 0 Å². The van der Waals surface area contributed by atoms with E-state index < -0.39 is 5.97 Å². The molecule has 0 unspecified atom stereocenters. The van der Waals surface area contributed by atoms with E-state index in [1.54, 1.807) is 4.90 Å². The Balaban J connectivity index is 2.07. The number of anilines is 1. The van der Waals surface area contributed by atoms with Gasteiger partial charge in [-0.05, 0) is 24.6 Å². The summed E-state index contributed by atoms with van der Waals surface area (Å²) in [5.74, 6) is -1.09. The molecule has 2 N–H and O–H groups in total. The lowest BCUT2D eigenvalue weighted by atomic mass is 10.2. The van der Waals surface area contributed by atoms with Crippen molar-refractivity contribution < 1.29 is 14.7 Å². The van der Waals surface area contributed by atoms with Gasteiger partial charge in [0.25, 0.3) is 0 Å². The fraction of sp³-hybridized carbons (Fsp3) is 0.231. The van der Waals surface area contributed by atoms with Gasteiger partial charge < -0.3 is 15.3 Å². The monoisotopic (exact) mass is 280 g/mol. The highest BCUT2D eigenvalue weighted by molar-refractivity contribution is 6.33. The minimum atomic E-state index is -1.09. The van der Waals surface area contributed by atoms with Gasteiger partial charge in [0.1, 0.15) is 0 Å². The number of hydrogen-bond acceptors (Lipinski definition) is 2. The summed E-state index contributed by atoms with van der Waals surface area (Å²) < 4.78 is 0. The zero-order valence-electron chi connectivity index (χ0n) is 10.1. The maximum atomic E-state index is 11.9. The molecule has 0 aliphatic carbocycles. The van der Waals surface area contributed by atoms with Crippen LogP contribution in [0.25, 0.3) is 0 Å². The maximum Gasteiger partial charge on any atom is 0.337 e. The van der Waals surface area contributed by atoms with E-state index in [-0.39, 0.29) is 16.6 Å². The highest BCUT2D eigenvalue weighted by Crippen LogP contribution is 2.21. The van der Waals surface area contributed by atoms with Gasteiger partial charge in [0.15, 0.2) is 0 Å². The fourth-order valence-electron chi connectivity index (χ4n) is 1.79. The predicted molar refractivity (Wildman–Crippen MR) is 72.8 cm³/mol. The van der Waals surface area contributed by atoms with Crippen LogP contribution in [0.2, 0.25) is 5.02 Å². The Labute approximate surface area is 115 Å². The first kappa shape index (κ1) is 13.4. The standard InChI is InChI=1S/C13H13ClN2O3/c14-11-8-9(4-5-10(11)12(17)18)15-13(19)16-6-2-1-3-7-16/h1-2,4-5,8H,3,6-7H2,(H,15,19)(H,17,18). The molecule has 0 fully saturated rings. The molecule has 100 valence electrons. The van der Waals surface area contributed by atoms with Gasteiger partial charge in [0, 0.05) is 18.8 Å². The third kappa shape index (κ3) is 3.26. The van der Waals surface area contributed by atoms with Gasteiger partial charge in [-0.15, -0.1) is 0 Å². The molecule has 0 bridgehead atoms. The van der Waals surface area contributed by atoms with Crippen LogP contribution in [-0.2, 0) is 0 Å². The highest BCUT2D eigenvalue weighted by Gasteiger charge is 2.15. The van der Waals surface area contributed by atoms with Gasteiger partial charge in [-0.3, -0.25) is 0 Å². The molecule has 0 saturated heterocycles. The number of carbonyl (C=O) groups excluding carboxylic acids is 1. The maximum absolute atomic E-state index is 11.9. The summed E-state index contributed by atoms with van der Waals surface area (Å²) in [5, 5.41) is 11.6. The second kappa shape index (κ2) is 5.75. The smallest absolute Gasteiger partial charge is 0.337 e. The molecule has 1 aromatic carbocycles. The van der Waals surface area contributed by atoms with Gasteiger partial charge >= 0.3 is 12.0 Å². The van der Waals surface area contributed by atoms with E-state index in [9.17, 15) is 9.59 Å². The van der Waals surface area contributed by atoms with Crippen LogP contribution in [0.15, 0.2) is 30.4 Å². The molecule has 1 heterocycles. The summed E-state index contributed by atoms with van der Waals surface area (Å²) in [4.78, 5) is 24.4. The van der Waals surface area contributed by atoms with E-state index in [0.29, 0.717) is 18.8 Å². The third-order valence-corrected chi connectivity index (χ3v) is 3.11. The normalized spacial score (nSPS) is 14.3. The average Bonchev–Trinajstić information content (AvgIpc) is 2.39. The van der Waals surface area contributed by atoms with Crippen LogP contribution in [0, 0.1) is 0 Å². The van der Waals surface area contributed by atoms with Gasteiger partial charge in [0.05, 0.1) is 10.6 Å². The fourth-order valence-corrected chi connectivity index (χ4v) is 2.06. The summed E-state index contributed by atoms with van der Waals surface area (Å²) in [6.07, 6.45) is 4.80. The molecular weight excluding hydrogens is 268 g/mol. The zero-order valence-corrected chi connectivity index (χ0v) is 10.9. The van der Waals surface area contributed by atoms with Crippen molar-refractivity contribution >= 4 is 29.3 Å². The summed E-state index contributed by atoms with van der Waals surface area (Å²) in [5.41, 5.74) is 0.495. The summed E-state index contributed by atoms with van der Waals surface area (Å²) in [6.45, 7) is 1.25. The molecule has 0 atom stereocenters. The molecule has 19 heavy (non-hydrogen) atoms. The lowest BCUT2D eigenvalue weighted by Gasteiger charge is -2.23. The summed E-state index contributed by atoms with van der Waals surface area (Å²) in [7, 11) is 0. The first-order valence-corrected chi connectivity index (χ1v) is 6.19. The van der Waals surface area contributed by atoms with Gasteiger partial charge in [-0.2, -0.15) is 0 Å². The van der Waals surface area contributed by atoms with Crippen molar-refractivity contribution in [3.05, 3.63) is 40.9 Å². The third-order valence-electron chi connectivity index (χ3n) is 2.80. The molecule has 1 aliphatic heterocycles. The van der Waals surface area contributed by atoms with Crippen molar-refractivity contribution in [2.24, 2.45) is 0 Å². The lowest BCUT2D eigenvalue weighted by molar-refractivity contribution is 0.0697. The molecule has 1 aliphatic rings. The second-order valence-corrected chi connectivity index (χ2v) is 4.54. The topological polar surface area (TPSA) is 69.6 Å². The Morgan fingerprint density at radius 2 is 2.11 bits per heavy atom. The molecule has 0 spiro atoms. The van der Waals surface area contributed by atoms with E-state index >= 15 is 0 Å². The molecular formula is C13H13ClN2O3. The minimum Gasteiger partial charge on any atom is -0.478 e. The van der Waals surface area contributed by atoms with Crippen LogP contribution >= 0.6 is 11.6 Å². The Morgan fingerprint density at radius 1 is 1.32 bits per heavy atom. The van der Waals surface area contributed by atoms with Crippen LogP contribution in [-0.4, -0.2) is 35.1 Å². The van der Waals surface area contributed by atoms with Gasteiger partial charge in [0.2, 0.25) is 0 Å². The van der Waals surface area contributed by atoms with E-state index in [2.05, 4.69) is 5.32 Å². The van der Waals surface area contributed by atoms with Gasteiger partial charge in [-0.1, -0.05) is 23.8 Å². The number of amides is 2. The lowest BCUT2D eigenvalue weighted by Crippen LogP contribution is -2.37. The predicted octanol–water partition coefficient (Wildman–Crippen LogP) is 2.83. The minimum absolute atomic E-state index is 0.0144. The molecule has 1 aromatic rings. The van der Waals surface area contributed by atoms with E-state index in [1.807, 2.05) is 12.2 Å². The number of hydrogen-bond donors (Lipinski definition) is 2. The Hall–Kier alpha value is -2.01. The Kier molecular flexibility index (Phi) is 4.06. The number of aromatic carboxylic acids is 1. The largest absolute Gasteiger partial charge is 0.478 e. The number of halogens is 1. The zero-order chi connectivity index (χ0) is 13.8. The SMILES string of the molecule is O=C(O)c1ccc(NC(=O)N2CC=CCC2)cc1Cl. The van der Waals surface area contributed by atoms with Crippen molar-refractivity contribution in [1.29, 1.82) is 0 Å². The second-order valence-electron chi connectivity index (χ2n) is 4.14. The van der Waals surface area contributed by atoms with Crippen LogP contribution in [0.1, 0.15) is 16.8 Å². The summed E-state index contributed by atoms with van der Waals surface area (Å²) in [6, 6.07) is 4.11. The molecule has 0 saturated carbocycles. The Morgan fingerprint density at radius 3 is 2.68 bits per heavy atom. The first-order chi connectivity index (χ1) is 9.08. The molecule has 2 amide bonds. The van der Waals surface area contributed by atoms with E-state index in [0.717, 1.165) is 6.42 Å². The molecule has 6 heteroatoms. The van der Waals surface area contributed by atoms with Crippen molar-refractivity contribution in [3.63, 3.8) is 0 Å². The first-order valence-electron chi connectivity index (χ1n) is 5.81. The molecule has 5 nitrogen and oxygen atoms in total. The van der Waals surface area contributed by atoms with Crippen LogP contribution in [0.5, 0.6) is 0 Å². The van der Waals surface area contributed by atoms with Crippen molar-refractivity contribution in [1.82, 2.24) is 4.90 Å². The number of nitrogens with zero attached hydrogens (tertiary/aromatic N) is 1. The van der Waals surface area contributed by atoms with E-state index in [1.165, 1.54) is 18.2 Å². The van der Waals surface area contributed by atoms with Crippen LogP contribution < -0.4 is 5.32 Å². The number of rotatable bonds is 2. The quantitative estimate of drug-likeness (QED) is 0.819. The Bertz CT molecular complexity index is 543. The molecule has 0 aromatic heterocycles. The number of nitrogens with one attached hydrogen (secondary N) is 1. The van der Waals surface area contributed by atoms with Gasteiger partial charge in [-0.25, -0.2) is 9.59 Å². The number of urea groups is 1. The number of carboxylic acids is 1. The van der Waals surface area contributed by atoms with Crippen molar-refractivity contribution in [2.45, 2.75) is 6.42 Å². The van der Waals surface area contributed by atoms with E-state index in [4.69, 9.17) is 16.7 Å². The van der Waals surface area contributed by atoms with Crippen molar-refractivity contribution in [2.75, 3.05) is 18.4 Å². The summed E-state index contributed by atoms with van der Waals surface area (Å²) >= 11 is 5.84. The van der Waals surface area contributed by atoms with Crippen LogP contribution in [0.3, 0.4) is 0 Å². The molecule has 0 radical (unpaired) electrons. The molecule has 2 rings (SSSR count). The average molecular weight is 281 g/mol.